The Kier molecular flexibility index (Phi) is 5.82. The third-order valence-corrected chi connectivity index (χ3v) is 5.31. The second-order valence-electron chi connectivity index (χ2n) is 7.08. The van der Waals surface area contributed by atoms with Gasteiger partial charge < -0.3 is 23.8 Å². The number of fused-ring (bicyclic) bond motifs is 2. The molecule has 3 rings (SSSR count). The number of rotatable bonds is 6. The van der Waals surface area contributed by atoms with Crippen LogP contribution in [0, 0.1) is 0 Å². The van der Waals surface area contributed by atoms with Crippen LogP contribution in [-0.2, 0) is 16.6 Å². The molecule has 7 heteroatoms. The number of anilines is 1. The summed E-state index contributed by atoms with van der Waals surface area (Å²) in [6.45, 7) is 8.15. The number of aromatic nitrogens is 1. The van der Waals surface area contributed by atoms with Gasteiger partial charge in [0.2, 0.25) is 5.91 Å². The van der Waals surface area contributed by atoms with Crippen LogP contribution in [0.5, 0.6) is 5.75 Å². The van der Waals surface area contributed by atoms with Crippen LogP contribution in [0.4, 0.5) is 5.69 Å². The molecule has 1 aromatic heterocycles. The van der Waals surface area contributed by atoms with Crippen LogP contribution in [0.25, 0.3) is 10.9 Å². The molecule has 0 radical (unpaired) electrons. The van der Waals surface area contributed by atoms with Gasteiger partial charge in [0.1, 0.15) is 17.5 Å². The zero-order valence-corrected chi connectivity index (χ0v) is 17.3. The summed E-state index contributed by atoms with van der Waals surface area (Å²) < 4.78 is 13.2. The second-order valence-corrected chi connectivity index (χ2v) is 7.08. The quantitative estimate of drug-likeness (QED) is 0.713. The van der Waals surface area contributed by atoms with Crippen LogP contribution >= 0.6 is 0 Å². The summed E-state index contributed by atoms with van der Waals surface area (Å²) in [6, 6.07) is 5.79. The van der Waals surface area contributed by atoms with E-state index in [0.29, 0.717) is 38.4 Å². The Hall–Kier alpha value is -2.70. The Morgan fingerprint density at radius 1 is 1.18 bits per heavy atom. The van der Waals surface area contributed by atoms with Crippen LogP contribution in [-0.4, -0.2) is 60.7 Å². The maximum absolute atomic E-state index is 12.5. The smallest absolute Gasteiger partial charge is 0.354 e. The number of hydrogen-bond donors (Lipinski definition) is 0. The Balaban J connectivity index is 1.89. The molecule has 7 nitrogen and oxygen atoms in total. The molecule has 2 heterocycles. The van der Waals surface area contributed by atoms with Crippen molar-refractivity contribution in [3.05, 3.63) is 23.9 Å². The number of carbonyl (C=O) groups is 2. The SMILES string of the molecule is CCOC(=O)c1cc2cc3c(cc2n1C)N(C)CC(CC(=O)N(CC)CC)O3. The van der Waals surface area contributed by atoms with Crippen molar-refractivity contribution >= 4 is 28.5 Å². The van der Waals surface area contributed by atoms with Gasteiger partial charge in [0.15, 0.2) is 0 Å². The predicted molar refractivity (Wildman–Crippen MR) is 109 cm³/mol. The van der Waals surface area contributed by atoms with Crippen LogP contribution in [0.15, 0.2) is 18.2 Å². The number of carbonyl (C=O) groups excluding carboxylic acids is 2. The van der Waals surface area contributed by atoms with Crippen molar-refractivity contribution in [2.45, 2.75) is 33.3 Å². The van der Waals surface area contributed by atoms with Gasteiger partial charge in [-0.3, -0.25) is 4.79 Å². The molecule has 28 heavy (non-hydrogen) atoms. The van der Waals surface area contributed by atoms with E-state index in [-0.39, 0.29) is 18.0 Å². The predicted octanol–water partition coefficient (Wildman–Crippen LogP) is 2.81. The van der Waals surface area contributed by atoms with E-state index >= 15 is 0 Å². The second kappa shape index (κ2) is 8.12. The Bertz CT molecular complexity index is 885. The minimum atomic E-state index is -0.337. The number of esters is 1. The van der Waals surface area contributed by atoms with Crippen LogP contribution in [0.1, 0.15) is 37.7 Å². The number of aryl methyl sites for hydroxylation is 1. The molecule has 0 fully saturated rings. The van der Waals surface area contributed by atoms with Crippen molar-refractivity contribution in [1.82, 2.24) is 9.47 Å². The van der Waals surface area contributed by atoms with Gasteiger partial charge >= 0.3 is 5.97 Å². The van der Waals surface area contributed by atoms with E-state index in [1.807, 2.05) is 55.6 Å². The molecule has 0 aliphatic carbocycles. The fourth-order valence-electron chi connectivity index (χ4n) is 3.77. The minimum Gasteiger partial charge on any atom is -0.486 e. The Morgan fingerprint density at radius 3 is 2.54 bits per heavy atom. The summed E-state index contributed by atoms with van der Waals surface area (Å²) in [5, 5.41) is 0.911. The first kappa shape index (κ1) is 20.0. The number of hydrogen-bond acceptors (Lipinski definition) is 5. The van der Waals surface area contributed by atoms with Gasteiger partial charge in [-0.2, -0.15) is 0 Å². The summed E-state index contributed by atoms with van der Waals surface area (Å²) in [7, 11) is 3.85. The average molecular weight is 387 g/mol. The number of ether oxygens (including phenoxy) is 2. The lowest BCUT2D eigenvalue weighted by molar-refractivity contribution is -0.132. The third kappa shape index (κ3) is 3.66. The highest BCUT2D eigenvalue weighted by Crippen LogP contribution is 2.38. The van der Waals surface area contributed by atoms with E-state index in [4.69, 9.17) is 9.47 Å². The van der Waals surface area contributed by atoms with E-state index < -0.39 is 0 Å². The summed E-state index contributed by atoms with van der Waals surface area (Å²) in [5.41, 5.74) is 2.40. The topological polar surface area (TPSA) is 64.0 Å². The van der Waals surface area contributed by atoms with Crippen LogP contribution in [0.3, 0.4) is 0 Å². The van der Waals surface area contributed by atoms with Crippen molar-refractivity contribution < 1.29 is 19.1 Å². The first-order valence-electron chi connectivity index (χ1n) is 9.85. The molecule has 0 N–H and O–H groups in total. The molecule has 0 bridgehead atoms. The van der Waals surface area contributed by atoms with Crippen molar-refractivity contribution in [2.24, 2.45) is 7.05 Å². The Morgan fingerprint density at radius 2 is 1.89 bits per heavy atom. The summed E-state index contributed by atoms with van der Waals surface area (Å²) >= 11 is 0. The van der Waals surface area contributed by atoms with Gasteiger partial charge in [-0.25, -0.2) is 4.79 Å². The fraction of sp³-hybridized carbons (Fsp3) is 0.524. The molecule has 1 unspecified atom stereocenters. The molecular weight excluding hydrogens is 358 g/mol. The fourth-order valence-corrected chi connectivity index (χ4v) is 3.77. The molecule has 2 aromatic rings. The molecule has 152 valence electrons. The third-order valence-electron chi connectivity index (χ3n) is 5.31. The standard InChI is InChI=1S/C21H29N3O4/c1-6-24(7-2)20(25)11-15-13-22(4)17-12-16-14(10-19(17)28-15)9-18(23(16)5)21(26)27-8-3/h9-10,12,15H,6-8,11,13H2,1-5H3. The van der Waals surface area contributed by atoms with Crippen molar-refractivity contribution in [2.75, 3.05) is 38.2 Å². The van der Waals surface area contributed by atoms with Gasteiger partial charge in [0.05, 0.1) is 30.8 Å². The lowest BCUT2D eigenvalue weighted by Crippen LogP contribution is -2.42. The van der Waals surface area contributed by atoms with E-state index in [1.165, 1.54) is 0 Å². The molecule has 0 spiro atoms. The molecule has 0 saturated heterocycles. The highest BCUT2D eigenvalue weighted by Gasteiger charge is 2.28. The van der Waals surface area contributed by atoms with Gasteiger partial charge in [-0.05, 0) is 39.0 Å². The number of amides is 1. The first-order valence-corrected chi connectivity index (χ1v) is 9.85. The number of likely N-dealkylation sites (N-methyl/N-ethyl adjacent to an activating group) is 1. The molecule has 1 aromatic carbocycles. The number of benzene rings is 1. The maximum atomic E-state index is 12.5. The minimum absolute atomic E-state index is 0.109. The monoisotopic (exact) mass is 387 g/mol. The van der Waals surface area contributed by atoms with Crippen molar-refractivity contribution in [3.8, 4) is 5.75 Å². The Labute approximate surface area is 165 Å². The molecule has 1 aliphatic rings. The highest BCUT2D eigenvalue weighted by molar-refractivity contribution is 5.97. The summed E-state index contributed by atoms with van der Waals surface area (Å²) in [4.78, 5) is 28.6. The lowest BCUT2D eigenvalue weighted by atomic mass is 10.1. The summed E-state index contributed by atoms with van der Waals surface area (Å²) in [6.07, 6.45) is 0.156. The molecular formula is C21H29N3O4. The maximum Gasteiger partial charge on any atom is 0.354 e. The van der Waals surface area contributed by atoms with Gasteiger partial charge in [0, 0.05) is 32.6 Å². The van der Waals surface area contributed by atoms with E-state index in [2.05, 4.69) is 4.90 Å². The normalized spacial score (nSPS) is 15.9. The molecule has 1 atom stereocenters. The van der Waals surface area contributed by atoms with Gasteiger partial charge in [-0.1, -0.05) is 0 Å². The van der Waals surface area contributed by atoms with Gasteiger partial charge in [-0.15, -0.1) is 0 Å². The van der Waals surface area contributed by atoms with Gasteiger partial charge in [0.25, 0.3) is 0 Å². The zero-order chi connectivity index (χ0) is 20.4. The average Bonchev–Trinajstić information content (AvgIpc) is 2.97. The van der Waals surface area contributed by atoms with E-state index in [1.54, 1.807) is 6.92 Å². The summed E-state index contributed by atoms with van der Waals surface area (Å²) in [5.74, 6) is 0.507. The highest BCUT2D eigenvalue weighted by atomic mass is 16.5. The van der Waals surface area contributed by atoms with E-state index in [9.17, 15) is 9.59 Å². The zero-order valence-electron chi connectivity index (χ0n) is 17.3. The lowest BCUT2D eigenvalue weighted by Gasteiger charge is -2.34. The van der Waals surface area contributed by atoms with Crippen LogP contribution in [0.2, 0.25) is 0 Å². The number of nitrogens with zero attached hydrogens (tertiary/aromatic N) is 3. The molecule has 1 amide bonds. The first-order chi connectivity index (χ1) is 13.4. The molecule has 1 aliphatic heterocycles. The largest absolute Gasteiger partial charge is 0.486 e. The van der Waals surface area contributed by atoms with Crippen molar-refractivity contribution in [3.63, 3.8) is 0 Å². The van der Waals surface area contributed by atoms with Crippen molar-refractivity contribution in [1.29, 1.82) is 0 Å². The van der Waals surface area contributed by atoms with E-state index in [0.717, 1.165) is 22.3 Å². The van der Waals surface area contributed by atoms with Crippen LogP contribution < -0.4 is 9.64 Å². The molecule has 0 saturated carbocycles.